The van der Waals surface area contributed by atoms with E-state index in [0.29, 0.717) is 23.8 Å². The van der Waals surface area contributed by atoms with Crippen LogP contribution in [0.3, 0.4) is 0 Å². The van der Waals surface area contributed by atoms with Crippen molar-refractivity contribution in [2.45, 2.75) is 77.2 Å². The van der Waals surface area contributed by atoms with Crippen LogP contribution >= 0.6 is 0 Å². The predicted octanol–water partition coefficient (Wildman–Crippen LogP) is 7.03. The molecular formula is C29H36N2O. The van der Waals surface area contributed by atoms with Crippen molar-refractivity contribution in [1.82, 2.24) is 9.88 Å². The molecule has 3 heteroatoms. The summed E-state index contributed by atoms with van der Waals surface area (Å²) in [5.41, 5.74) is 5.56. The van der Waals surface area contributed by atoms with Gasteiger partial charge >= 0.3 is 0 Å². The Morgan fingerprint density at radius 2 is 1.81 bits per heavy atom. The zero-order valence-electron chi connectivity index (χ0n) is 19.9. The fourth-order valence-electron chi connectivity index (χ4n) is 5.95. The fourth-order valence-corrected chi connectivity index (χ4v) is 5.95. The number of aromatic nitrogens is 1. The van der Waals surface area contributed by atoms with Gasteiger partial charge < -0.3 is 9.88 Å². The third kappa shape index (κ3) is 3.46. The van der Waals surface area contributed by atoms with Crippen LogP contribution in [0.4, 0.5) is 0 Å². The largest absolute Gasteiger partial charge is 0.354 e. The number of carbonyl (C=O) groups is 1. The molecule has 1 aromatic heterocycles. The Hall–Kier alpha value is -2.55. The summed E-state index contributed by atoms with van der Waals surface area (Å²) in [4.78, 5) is 19.7. The first-order valence-electron chi connectivity index (χ1n) is 12.4. The third-order valence-corrected chi connectivity index (χ3v) is 8.24. The van der Waals surface area contributed by atoms with E-state index in [0.717, 1.165) is 24.0 Å². The highest BCUT2D eigenvalue weighted by molar-refractivity contribution is 5.94. The van der Waals surface area contributed by atoms with Crippen LogP contribution in [0.1, 0.15) is 76.8 Å². The minimum Gasteiger partial charge on any atom is -0.354 e. The SMILES string of the molecule is CC[C@@H](C)c1c(-c2ccccc2)[nH]c2ccc(C(C)(C)C(=O)N3CC4CCC3CC4)cc12. The molecule has 3 heterocycles. The molecule has 3 fully saturated rings. The number of amides is 1. The van der Waals surface area contributed by atoms with Gasteiger partial charge in [0.05, 0.1) is 5.41 Å². The van der Waals surface area contributed by atoms with Crippen LogP contribution in [-0.4, -0.2) is 28.4 Å². The van der Waals surface area contributed by atoms with Crippen molar-refractivity contribution >= 4 is 16.8 Å². The van der Waals surface area contributed by atoms with Crippen LogP contribution in [0.15, 0.2) is 48.5 Å². The topological polar surface area (TPSA) is 36.1 Å². The molecular weight excluding hydrogens is 392 g/mol. The van der Waals surface area contributed by atoms with Crippen LogP contribution in [0, 0.1) is 5.92 Å². The van der Waals surface area contributed by atoms with Crippen molar-refractivity contribution in [3.63, 3.8) is 0 Å². The molecule has 3 nitrogen and oxygen atoms in total. The minimum atomic E-state index is -0.525. The standard InChI is InChI=1S/C29H36N2O/c1-5-19(2)26-24-17-22(13-16-25(24)30-27(26)21-9-7-6-8-10-21)29(3,4)28(32)31-18-20-11-14-23(31)15-12-20/h6-10,13,16-17,19-20,23,30H,5,11-12,14-15,18H2,1-4H3/t19-,20?,23?/m1/s1. The summed E-state index contributed by atoms with van der Waals surface area (Å²) in [7, 11) is 0. The van der Waals surface area contributed by atoms with Crippen LogP contribution in [0.2, 0.25) is 0 Å². The van der Waals surface area contributed by atoms with Gasteiger partial charge in [-0.3, -0.25) is 4.79 Å². The molecule has 1 N–H and O–H groups in total. The number of benzene rings is 2. The molecule has 168 valence electrons. The first kappa shape index (κ1) is 21.3. The Kier molecular flexibility index (Phi) is 5.39. The van der Waals surface area contributed by atoms with Crippen molar-refractivity contribution < 1.29 is 4.79 Å². The number of nitrogens with zero attached hydrogens (tertiary/aromatic N) is 1. The van der Waals surface area contributed by atoms with Gasteiger partial charge in [0.1, 0.15) is 0 Å². The summed E-state index contributed by atoms with van der Waals surface area (Å²) >= 11 is 0. The average Bonchev–Trinajstić information content (AvgIpc) is 3.23. The molecule has 2 saturated heterocycles. The number of H-pyrrole nitrogens is 1. The summed E-state index contributed by atoms with van der Waals surface area (Å²) < 4.78 is 0. The molecule has 1 amide bonds. The van der Waals surface area contributed by atoms with E-state index in [1.165, 1.54) is 47.9 Å². The van der Waals surface area contributed by atoms with Crippen LogP contribution in [-0.2, 0) is 10.2 Å². The highest BCUT2D eigenvalue weighted by Crippen LogP contribution is 2.41. The van der Waals surface area contributed by atoms with Gasteiger partial charge in [-0.05, 0) is 86.6 Å². The van der Waals surface area contributed by atoms with E-state index < -0.39 is 5.41 Å². The Balaban J connectivity index is 1.57. The molecule has 0 unspecified atom stereocenters. The van der Waals surface area contributed by atoms with E-state index in [4.69, 9.17) is 0 Å². The monoisotopic (exact) mass is 428 g/mol. The van der Waals surface area contributed by atoms with Crippen LogP contribution in [0.25, 0.3) is 22.2 Å². The third-order valence-electron chi connectivity index (χ3n) is 8.24. The summed E-state index contributed by atoms with van der Waals surface area (Å²) in [6.45, 7) is 9.75. The number of piperidine rings is 2. The first-order valence-corrected chi connectivity index (χ1v) is 12.4. The molecule has 0 radical (unpaired) electrons. The van der Waals surface area contributed by atoms with Crippen molar-refractivity contribution in [3.05, 3.63) is 59.7 Å². The molecule has 3 aliphatic rings. The second-order valence-corrected chi connectivity index (χ2v) is 10.6. The maximum Gasteiger partial charge on any atom is 0.232 e. The number of carbonyl (C=O) groups excluding carboxylic acids is 1. The van der Waals surface area contributed by atoms with Gasteiger partial charge in [0.15, 0.2) is 0 Å². The molecule has 3 aromatic rings. The summed E-state index contributed by atoms with van der Waals surface area (Å²) in [5, 5.41) is 1.26. The average molecular weight is 429 g/mol. The van der Waals surface area contributed by atoms with Crippen LogP contribution in [0.5, 0.6) is 0 Å². The number of hydrogen-bond acceptors (Lipinski definition) is 1. The van der Waals surface area contributed by atoms with E-state index in [9.17, 15) is 4.79 Å². The molecule has 1 atom stereocenters. The van der Waals surface area contributed by atoms with Crippen molar-refractivity contribution in [3.8, 4) is 11.3 Å². The van der Waals surface area contributed by atoms with Gasteiger partial charge in [-0.1, -0.05) is 50.2 Å². The van der Waals surface area contributed by atoms with Gasteiger partial charge in [0.25, 0.3) is 0 Å². The normalized spacial score (nSPS) is 21.8. The van der Waals surface area contributed by atoms with E-state index in [2.05, 4.69) is 86.1 Å². The minimum absolute atomic E-state index is 0.301. The second-order valence-electron chi connectivity index (χ2n) is 10.6. The number of aromatic amines is 1. The molecule has 1 aliphatic carbocycles. The number of rotatable bonds is 5. The Morgan fingerprint density at radius 1 is 1.09 bits per heavy atom. The zero-order chi connectivity index (χ0) is 22.5. The van der Waals surface area contributed by atoms with Crippen molar-refractivity contribution in [1.29, 1.82) is 0 Å². The van der Waals surface area contributed by atoms with Gasteiger partial charge in [-0.25, -0.2) is 0 Å². The predicted molar refractivity (Wildman–Crippen MR) is 133 cm³/mol. The van der Waals surface area contributed by atoms with Crippen molar-refractivity contribution in [2.24, 2.45) is 5.92 Å². The molecule has 6 rings (SSSR count). The Morgan fingerprint density at radius 3 is 2.44 bits per heavy atom. The lowest BCUT2D eigenvalue weighted by atomic mass is 9.76. The summed E-state index contributed by atoms with van der Waals surface area (Å²) in [6, 6.07) is 17.7. The molecule has 2 bridgehead atoms. The van der Waals surface area contributed by atoms with Crippen molar-refractivity contribution in [2.75, 3.05) is 6.54 Å². The molecule has 2 aliphatic heterocycles. The van der Waals surface area contributed by atoms with Gasteiger partial charge in [0.2, 0.25) is 5.91 Å². The molecule has 1 saturated carbocycles. The van der Waals surface area contributed by atoms with Crippen LogP contribution < -0.4 is 0 Å². The first-order chi connectivity index (χ1) is 15.4. The smallest absolute Gasteiger partial charge is 0.232 e. The van der Waals surface area contributed by atoms with E-state index >= 15 is 0 Å². The van der Waals surface area contributed by atoms with Gasteiger partial charge in [0, 0.05) is 29.2 Å². The lowest BCUT2D eigenvalue weighted by molar-refractivity contribution is -0.144. The molecule has 32 heavy (non-hydrogen) atoms. The summed E-state index contributed by atoms with van der Waals surface area (Å²) in [6.07, 6.45) is 6.04. The van der Waals surface area contributed by atoms with E-state index in [1.807, 2.05) is 0 Å². The number of nitrogens with one attached hydrogen (secondary N) is 1. The molecule has 2 aromatic carbocycles. The van der Waals surface area contributed by atoms with E-state index in [1.54, 1.807) is 0 Å². The van der Waals surface area contributed by atoms with Gasteiger partial charge in [-0.15, -0.1) is 0 Å². The quantitative estimate of drug-likeness (QED) is 0.465. The Labute approximate surface area is 192 Å². The highest BCUT2D eigenvalue weighted by Gasteiger charge is 2.42. The zero-order valence-corrected chi connectivity index (χ0v) is 19.9. The second kappa shape index (κ2) is 8.10. The Bertz CT molecular complexity index is 1120. The van der Waals surface area contributed by atoms with Gasteiger partial charge in [-0.2, -0.15) is 0 Å². The maximum atomic E-state index is 13.8. The maximum absolute atomic E-state index is 13.8. The number of hydrogen-bond donors (Lipinski definition) is 1. The van der Waals surface area contributed by atoms with E-state index in [-0.39, 0.29) is 0 Å². The fraction of sp³-hybridized carbons (Fsp3) is 0.483. The lowest BCUT2D eigenvalue weighted by Crippen LogP contribution is -2.55. The number of fused-ring (bicyclic) bond motifs is 4. The summed E-state index contributed by atoms with van der Waals surface area (Å²) in [5.74, 6) is 1.44. The molecule has 0 spiro atoms. The lowest BCUT2D eigenvalue weighted by Gasteiger charge is -2.47. The highest BCUT2D eigenvalue weighted by atomic mass is 16.2.